The number of rotatable bonds is 6. The molecule has 0 aliphatic carbocycles. The minimum atomic E-state index is 0.266. The Morgan fingerprint density at radius 2 is 1.69 bits per heavy atom. The number of benzene rings is 1. The molecule has 0 nitrogen and oxygen atoms in total. The predicted octanol–water partition coefficient (Wildman–Crippen LogP) is 5.15. The molecular formula is C15H23Cl. The van der Waals surface area contributed by atoms with E-state index in [0.717, 1.165) is 12.8 Å². The van der Waals surface area contributed by atoms with Crippen molar-refractivity contribution in [3.05, 3.63) is 35.4 Å². The predicted molar refractivity (Wildman–Crippen MR) is 73.4 cm³/mol. The van der Waals surface area contributed by atoms with Gasteiger partial charge in [-0.1, -0.05) is 57.9 Å². The third-order valence-corrected chi connectivity index (χ3v) is 3.75. The Bertz CT molecular complexity index is 289. The molecule has 0 heterocycles. The van der Waals surface area contributed by atoms with Gasteiger partial charge in [-0.3, -0.25) is 0 Å². The number of aryl methyl sites for hydroxylation is 1. The van der Waals surface area contributed by atoms with E-state index < -0.39 is 0 Å². The molecule has 1 aromatic rings. The van der Waals surface area contributed by atoms with Gasteiger partial charge < -0.3 is 0 Å². The van der Waals surface area contributed by atoms with Crippen molar-refractivity contribution in [1.29, 1.82) is 0 Å². The van der Waals surface area contributed by atoms with Gasteiger partial charge in [0.25, 0.3) is 0 Å². The van der Waals surface area contributed by atoms with Crippen LogP contribution >= 0.6 is 11.6 Å². The van der Waals surface area contributed by atoms with Crippen molar-refractivity contribution in [3.8, 4) is 0 Å². The maximum atomic E-state index is 6.37. The average Bonchev–Trinajstić information content (AvgIpc) is 2.30. The van der Waals surface area contributed by atoms with E-state index in [-0.39, 0.29) is 5.38 Å². The zero-order valence-corrected chi connectivity index (χ0v) is 11.4. The van der Waals surface area contributed by atoms with Crippen LogP contribution in [-0.4, -0.2) is 5.38 Å². The topological polar surface area (TPSA) is 0 Å². The molecule has 1 aromatic carbocycles. The summed E-state index contributed by atoms with van der Waals surface area (Å²) in [5, 5.41) is 0.266. The molecule has 0 saturated carbocycles. The lowest BCUT2D eigenvalue weighted by molar-refractivity contribution is 0.633. The fourth-order valence-electron chi connectivity index (χ4n) is 2.01. The van der Waals surface area contributed by atoms with Crippen molar-refractivity contribution in [2.75, 3.05) is 0 Å². The van der Waals surface area contributed by atoms with Gasteiger partial charge in [-0.25, -0.2) is 0 Å². The maximum absolute atomic E-state index is 6.37. The molecule has 0 aliphatic heterocycles. The molecule has 0 amide bonds. The van der Waals surface area contributed by atoms with E-state index in [4.69, 9.17) is 11.6 Å². The van der Waals surface area contributed by atoms with E-state index in [2.05, 4.69) is 45.0 Å². The Morgan fingerprint density at radius 1 is 1.06 bits per heavy atom. The van der Waals surface area contributed by atoms with Crippen molar-refractivity contribution < 1.29 is 0 Å². The second-order valence-electron chi connectivity index (χ2n) is 4.58. The summed E-state index contributed by atoms with van der Waals surface area (Å²) in [7, 11) is 0. The van der Waals surface area contributed by atoms with Crippen molar-refractivity contribution >= 4 is 11.6 Å². The Labute approximate surface area is 105 Å². The first kappa shape index (κ1) is 13.6. The maximum Gasteiger partial charge on any atom is 0.0401 e. The number of alkyl halides is 1. The lowest BCUT2D eigenvalue weighted by Gasteiger charge is -2.18. The van der Waals surface area contributed by atoms with E-state index in [0.29, 0.717) is 5.92 Å². The van der Waals surface area contributed by atoms with Crippen LogP contribution in [0, 0.1) is 0 Å². The fourth-order valence-corrected chi connectivity index (χ4v) is 2.37. The average molecular weight is 239 g/mol. The molecule has 90 valence electrons. The quantitative estimate of drug-likeness (QED) is 0.602. The van der Waals surface area contributed by atoms with E-state index in [1.54, 1.807) is 0 Å². The van der Waals surface area contributed by atoms with Gasteiger partial charge >= 0.3 is 0 Å². The molecule has 0 spiro atoms. The van der Waals surface area contributed by atoms with Crippen LogP contribution in [0.25, 0.3) is 0 Å². The normalized spacial score (nSPS) is 14.8. The third kappa shape index (κ3) is 3.83. The van der Waals surface area contributed by atoms with Gasteiger partial charge in [-0.05, 0) is 29.9 Å². The van der Waals surface area contributed by atoms with Crippen LogP contribution in [0.1, 0.15) is 57.1 Å². The highest BCUT2D eigenvalue weighted by Crippen LogP contribution is 2.26. The summed E-state index contributed by atoms with van der Waals surface area (Å²) in [5.74, 6) is 0.456. The molecule has 0 aromatic heterocycles. The molecule has 0 fully saturated rings. The van der Waals surface area contributed by atoms with E-state index in [1.807, 2.05) is 0 Å². The molecule has 16 heavy (non-hydrogen) atoms. The van der Waals surface area contributed by atoms with E-state index in [9.17, 15) is 0 Å². The molecule has 1 heteroatoms. The Hall–Kier alpha value is -0.490. The smallest absolute Gasteiger partial charge is 0.0401 e. The highest BCUT2D eigenvalue weighted by atomic mass is 35.5. The number of hydrogen-bond donors (Lipinski definition) is 0. The lowest BCUT2D eigenvalue weighted by atomic mass is 9.94. The fraction of sp³-hybridized carbons (Fsp3) is 0.600. The van der Waals surface area contributed by atoms with Crippen LogP contribution in [0.4, 0.5) is 0 Å². The van der Waals surface area contributed by atoms with E-state index in [1.165, 1.54) is 24.0 Å². The second-order valence-corrected chi connectivity index (χ2v) is 5.15. The summed E-state index contributed by atoms with van der Waals surface area (Å²) in [5.41, 5.74) is 2.80. The van der Waals surface area contributed by atoms with Crippen LogP contribution in [0.2, 0.25) is 0 Å². The Kier molecular flexibility index (Phi) is 5.90. The van der Waals surface area contributed by atoms with Crippen molar-refractivity contribution in [2.45, 2.75) is 57.7 Å². The van der Waals surface area contributed by atoms with Crippen LogP contribution in [0.5, 0.6) is 0 Å². The Balaban J connectivity index is 2.65. The minimum Gasteiger partial charge on any atom is -0.122 e. The first-order valence-electron chi connectivity index (χ1n) is 6.41. The van der Waals surface area contributed by atoms with Gasteiger partial charge in [0.15, 0.2) is 0 Å². The molecule has 0 bridgehead atoms. The summed E-state index contributed by atoms with van der Waals surface area (Å²) >= 11 is 6.37. The standard InChI is InChI=1S/C15H23Cl/c1-4-6-13-8-10-14(11-9-13)12(3)15(16)7-5-2/h8-12,15H,4-7H2,1-3H3. The number of hydrogen-bond acceptors (Lipinski definition) is 0. The van der Waals surface area contributed by atoms with Crippen molar-refractivity contribution in [1.82, 2.24) is 0 Å². The summed E-state index contributed by atoms with van der Waals surface area (Å²) < 4.78 is 0. The zero-order valence-electron chi connectivity index (χ0n) is 10.7. The van der Waals surface area contributed by atoms with Gasteiger partial charge in [0, 0.05) is 5.38 Å². The molecule has 1 rings (SSSR count). The van der Waals surface area contributed by atoms with Gasteiger partial charge in [0.05, 0.1) is 0 Å². The summed E-state index contributed by atoms with van der Waals surface area (Å²) in [6, 6.07) is 8.96. The lowest BCUT2D eigenvalue weighted by Crippen LogP contribution is -2.09. The van der Waals surface area contributed by atoms with Gasteiger partial charge in [0.2, 0.25) is 0 Å². The van der Waals surface area contributed by atoms with Crippen LogP contribution in [0.3, 0.4) is 0 Å². The second kappa shape index (κ2) is 6.96. The van der Waals surface area contributed by atoms with Crippen LogP contribution in [0.15, 0.2) is 24.3 Å². The van der Waals surface area contributed by atoms with Gasteiger partial charge in [-0.15, -0.1) is 11.6 Å². The molecule has 0 N–H and O–H groups in total. The summed E-state index contributed by atoms with van der Waals surface area (Å²) in [4.78, 5) is 0. The molecular weight excluding hydrogens is 216 g/mol. The van der Waals surface area contributed by atoms with Crippen molar-refractivity contribution in [2.24, 2.45) is 0 Å². The molecule has 2 unspecified atom stereocenters. The number of halogens is 1. The highest BCUT2D eigenvalue weighted by Gasteiger charge is 2.15. The van der Waals surface area contributed by atoms with Gasteiger partial charge in [0.1, 0.15) is 0 Å². The molecule has 0 radical (unpaired) electrons. The summed E-state index contributed by atoms with van der Waals surface area (Å²) in [6.45, 7) is 6.63. The Morgan fingerprint density at radius 3 is 2.19 bits per heavy atom. The van der Waals surface area contributed by atoms with Crippen LogP contribution < -0.4 is 0 Å². The third-order valence-electron chi connectivity index (χ3n) is 3.15. The largest absolute Gasteiger partial charge is 0.122 e. The molecule has 0 aliphatic rings. The summed E-state index contributed by atoms with van der Waals surface area (Å²) in [6.07, 6.45) is 4.64. The monoisotopic (exact) mass is 238 g/mol. The minimum absolute atomic E-state index is 0.266. The van der Waals surface area contributed by atoms with E-state index >= 15 is 0 Å². The van der Waals surface area contributed by atoms with Crippen molar-refractivity contribution in [3.63, 3.8) is 0 Å². The zero-order chi connectivity index (χ0) is 12.0. The first-order chi connectivity index (χ1) is 7.69. The highest BCUT2D eigenvalue weighted by molar-refractivity contribution is 6.21. The van der Waals surface area contributed by atoms with Crippen LogP contribution in [-0.2, 0) is 6.42 Å². The van der Waals surface area contributed by atoms with Gasteiger partial charge in [-0.2, -0.15) is 0 Å². The first-order valence-corrected chi connectivity index (χ1v) is 6.85. The molecule has 0 saturated heterocycles. The molecule has 2 atom stereocenters. The SMILES string of the molecule is CCCc1ccc(C(C)C(Cl)CCC)cc1.